The Balaban J connectivity index is 1.95. The van der Waals surface area contributed by atoms with E-state index < -0.39 is 0 Å². The standard InChI is InChI=1S/C13H15BrClNO/c1-16(8-9-5-12(15)6-9)13(17)10-3-2-4-11(14)7-10/h2-4,7,9,12H,5-6,8H2,1H3. The third-order valence-corrected chi connectivity index (χ3v) is 3.98. The number of halogens is 2. The van der Waals surface area contributed by atoms with E-state index in [9.17, 15) is 4.79 Å². The van der Waals surface area contributed by atoms with Crippen molar-refractivity contribution >= 4 is 33.4 Å². The lowest BCUT2D eigenvalue weighted by molar-refractivity contribution is 0.0747. The Labute approximate surface area is 115 Å². The maximum Gasteiger partial charge on any atom is 0.253 e. The van der Waals surface area contributed by atoms with Crippen molar-refractivity contribution in [1.29, 1.82) is 0 Å². The van der Waals surface area contributed by atoms with Crippen LogP contribution >= 0.6 is 27.5 Å². The summed E-state index contributed by atoms with van der Waals surface area (Å²) >= 11 is 9.31. The molecule has 1 amide bonds. The van der Waals surface area contributed by atoms with Crippen LogP contribution in [0.1, 0.15) is 23.2 Å². The zero-order valence-electron chi connectivity index (χ0n) is 9.70. The Morgan fingerprint density at radius 1 is 1.53 bits per heavy atom. The zero-order valence-corrected chi connectivity index (χ0v) is 12.0. The van der Waals surface area contributed by atoms with Gasteiger partial charge in [-0.15, -0.1) is 11.6 Å². The Hall–Kier alpha value is -0.540. The minimum atomic E-state index is 0.0734. The van der Waals surface area contributed by atoms with Crippen LogP contribution in [0.3, 0.4) is 0 Å². The molecule has 1 aromatic carbocycles. The third kappa shape index (κ3) is 3.23. The lowest BCUT2D eigenvalue weighted by atomic mass is 9.84. The smallest absolute Gasteiger partial charge is 0.253 e. The summed E-state index contributed by atoms with van der Waals surface area (Å²) in [5.41, 5.74) is 0.726. The fraction of sp³-hybridized carbons (Fsp3) is 0.462. The molecule has 0 heterocycles. The first-order chi connectivity index (χ1) is 8.06. The molecule has 17 heavy (non-hydrogen) atoms. The topological polar surface area (TPSA) is 20.3 Å². The van der Waals surface area contributed by atoms with E-state index in [1.54, 1.807) is 4.90 Å². The second-order valence-electron chi connectivity index (χ2n) is 4.63. The van der Waals surface area contributed by atoms with Gasteiger partial charge in [-0.2, -0.15) is 0 Å². The van der Waals surface area contributed by atoms with E-state index in [1.165, 1.54) is 0 Å². The second kappa shape index (κ2) is 5.40. The van der Waals surface area contributed by atoms with Gasteiger partial charge in [-0.1, -0.05) is 22.0 Å². The number of hydrogen-bond donors (Lipinski definition) is 0. The fourth-order valence-corrected chi connectivity index (χ4v) is 3.02. The largest absolute Gasteiger partial charge is 0.341 e. The molecule has 1 aromatic rings. The highest BCUT2D eigenvalue weighted by molar-refractivity contribution is 9.10. The highest BCUT2D eigenvalue weighted by atomic mass is 79.9. The van der Waals surface area contributed by atoms with Crippen molar-refractivity contribution in [2.24, 2.45) is 5.92 Å². The van der Waals surface area contributed by atoms with Crippen LogP contribution in [0, 0.1) is 5.92 Å². The monoisotopic (exact) mass is 315 g/mol. The van der Waals surface area contributed by atoms with Gasteiger partial charge in [0.05, 0.1) is 0 Å². The van der Waals surface area contributed by atoms with Crippen LogP contribution in [0.4, 0.5) is 0 Å². The SMILES string of the molecule is CN(CC1CC(Cl)C1)C(=O)c1cccc(Br)c1. The van der Waals surface area contributed by atoms with Crippen molar-refractivity contribution in [3.8, 4) is 0 Å². The van der Waals surface area contributed by atoms with Gasteiger partial charge in [0, 0.05) is 29.0 Å². The number of hydrogen-bond acceptors (Lipinski definition) is 1. The van der Waals surface area contributed by atoms with E-state index in [4.69, 9.17) is 11.6 Å². The number of alkyl halides is 1. The van der Waals surface area contributed by atoms with Gasteiger partial charge in [0.1, 0.15) is 0 Å². The van der Waals surface area contributed by atoms with E-state index in [2.05, 4.69) is 15.9 Å². The average Bonchev–Trinajstić information content (AvgIpc) is 2.26. The van der Waals surface area contributed by atoms with E-state index in [-0.39, 0.29) is 5.91 Å². The van der Waals surface area contributed by atoms with E-state index in [0.717, 1.165) is 29.4 Å². The summed E-state index contributed by atoms with van der Waals surface area (Å²) in [7, 11) is 1.85. The molecule has 0 N–H and O–H groups in total. The third-order valence-electron chi connectivity index (χ3n) is 3.13. The summed E-state index contributed by atoms with van der Waals surface area (Å²) < 4.78 is 0.932. The van der Waals surface area contributed by atoms with Crippen LogP contribution in [0.15, 0.2) is 28.7 Å². The number of carbonyl (C=O) groups excluding carboxylic acids is 1. The molecule has 4 heteroatoms. The van der Waals surface area contributed by atoms with Crippen molar-refractivity contribution in [2.75, 3.05) is 13.6 Å². The molecule has 0 atom stereocenters. The summed E-state index contributed by atoms with van der Waals surface area (Å²) in [5, 5.41) is 0.314. The first-order valence-corrected chi connectivity index (χ1v) is 6.94. The van der Waals surface area contributed by atoms with Crippen LogP contribution in [0.5, 0.6) is 0 Å². The molecule has 0 radical (unpaired) electrons. The van der Waals surface area contributed by atoms with Crippen LogP contribution in [-0.4, -0.2) is 29.8 Å². The molecule has 0 saturated heterocycles. The maximum absolute atomic E-state index is 12.1. The van der Waals surface area contributed by atoms with Gasteiger partial charge in [-0.25, -0.2) is 0 Å². The van der Waals surface area contributed by atoms with Crippen molar-refractivity contribution in [2.45, 2.75) is 18.2 Å². The maximum atomic E-state index is 12.1. The molecule has 92 valence electrons. The van der Waals surface area contributed by atoms with Gasteiger partial charge in [0.15, 0.2) is 0 Å². The first-order valence-electron chi connectivity index (χ1n) is 5.71. The molecule has 1 fully saturated rings. The van der Waals surface area contributed by atoms with Crippen LogP contribution in [-0.2, 0) is 0 Å². The van der Waals surface area contributed by atoms with Crippen molar-refractivity contribution in [1.82, 2.24) is 4.90 Å². The quantitative estimate of drug-likeness (QED) is 0.781. The minimum absolute atomic E-state index is 0.0734. The lowest BCUT2D eigenvalue weighted by Gasteiger charge is -2.34. The van der Waals surface area contributed by atoms with E-state index in [0.29, 0.717) is 11.3 Å². The Bertz CT molecular complexity index is 418. The molecule has 0 aliphatic heterocycles. The molecule has 0 bridgehead atoms. The number of carbonyl (C=O) groups is 1. The summed E-state index contributed by atoms with van der Waals surface area (Å²) in [6.07, 6.45) is 2.05. The van der Waals surface area contributed by atoms with Crippen LogP contribution < -0.4 is 0 Å². The first kappa shape index (κ1) is 12.9. The number of nitrogens with zero attached hydrogens (tertiary/aromatic N) is 1. The van der Waals surface area contributed by atoms with Gasteiger partial charge < -0.3 is 4.90 Å². The molecule has 2 rings (SSSR count). The minimum Gasteiger partial charge on any atom is -0.341 e. The fourth-order valence-electron chi connectivity index (χ4n) is 2.12. The zero-order chi connectivity index (χ0) is 12.4. The number of rotatable bonds is 3. The average molecular weight is 317 g/mol. The lowest BCUT2D eigenvalue weighted by Crippen LogP contribution is -2.37. The molecule has 0 aromatic heterocycles. The van der Waals surface area contributed by atoms with Gasteiger partial charge in [0.2, 0.25) is 0 Å². The normalized spacial score (nSPS) is 23.0. The second-order valence-corrected chi connectivity index (χ2v) is 6.16. The van der Waals surface area contributed by atoms with Gasteiger partial charge in [-0.3, -0.25) is 4.79 Å². The molecule has 1 aliphatic carbocycles. The van der Waals surface area contributed by atoms with Crippen LogP contribution in [0.25, 0.3) is 0 Å². The predicted octanol–water partition coefficient (Wildman–Crippen LogP) is 3.54. The van der Waals surface area contributed by atoms with Crippen LogP contribution in [0.2, 0.25) is 0 Å². The summed E-state index contributed by atoms with van der Waals surface area (Å²) in [6, 6.07) is 7.49. The molecule has 0 unspecified atom stereocenters. The Morgan fingerprint density at radius 2 is 2.24 bits per heavy atom. The molecule has 2 nitrogen and oxygen atoms in total. The number of amides is 1. The van der Waals surface area contributed by atoms with E-state index >= 15 is 0 Å². The molecule has 1 aliphatic rings. The molecule has 1 saturated carbocycles. The molecular formula is C13H15BrClNO. The summed E-state index contributed by atoms with van der Waals surface area (Å²) in [4.78, 5) is 13.9. The van der Waals surface area contributed by atoms with Crippen molar-refractivity contribution in [3.05, 3.63) is 34.3 Å². The Kier molecular flexibility index (Phi) is 4.10. The summed E-state index contributed by atoms with van der Waals surface area (Å²) in [6.45, 7) is 0.800. The van der Waals surface area contributed by atoms with Gasteiger partial charge >= 0.3 is 0 Å². The number of benzene rings is 1. The van der Waals surface area contributed by atoms with Gasteiger partial charge in [-0.05, 0) is 37.0 Å². The van der Waals surface area contributed by atoms with Gasteiger partial charge in [0.25, 0.3) is 5.91 Å². The predicted molar refractivity (Wildman–Crippen MR) is 73.5 cm³/mol. The molecular weight excluding hydrogens is 302 g/mol. The summed E-state index contributed by atoms with van der Waals surface area (Å²) in [5.74, 6) is 0.642. The van der Waals surface area contributed by atoms with E-state index in [1.807, 2.05) is 31.3 Å². The van der Waals surface area contributed by atoms with Crippen molar-refractivity contribution in [3.63, 3.8) is 0 Å². The highest BCUT2D eigenvalue weighted by Gasteiger charge is 2.29. The van der Waals surface area contributed by atoms with Crippen molar-refractivity contribution < 1.29 is 4.79 Å². The molecule has 0 spiro atoms. The highest BCUT2D eigenvalue weighted by Crippen LogP contribution is 2.32. The Morgan fingerprint density at radius 3 is 2.82 bits per heavy atom.